The maximum Gasteiger partial charge on any atom is 0.416 e. The van der Waals surface area contributed by atoms with Crippen LogP contribution in [0.25, 0.3) is 0 Å². The number of hydrogen-bond acceptors (Lipinski definition) is 2. The van der Waals surface area contributed by atoms with Crippen LogP contribution in [0.3, 0.4) is 0 Å². The molecule has 3 nitrogen and oxygen atoms in total. The zero-order chi connectivity index (χ0) is 16.7. The van der Waals surface area contributed by atoms with E-state index >= 15 is 0 Å². The second kappa shape index (κ2) is 8.01. The van der Waals surface area contributed by atoms with Crippen molar-refractivity contribution in [2.24, 2.45) is 4.99 Å². The molecule has 0 amide bonds. The Balaban J connectivity index is 1.76. The summed E-state index contributed by atoms with van der Waals surface area (Å²) in [4.78, 5) is 4.11. The van der Waals surface area contributed by atoms with Crippen molar-refractivity contribution >= 4 is 17.3 Å². The van der Waals surface area contributed by atoms with Gasteiger partial charge >= 0.3 is 6.18 Å². The molecule has 0 aliphatic carbocycles. The lowest BCUT2D eigenvalue weighted by molar-refractivity contribution is -0.137. The summed E-state index contributed by atoms with van der Waals surface area (Å²) in [5.74, 6) is 0.670. The highest BCUT2D eigenvalue weighted by Crippen LogP contribution is 2.29. The van der Waals surface area contributed by atoms with Crippen LogP contribution in [0.5, 0.6) is 0 Å². The SMILES string of the molecule is CN=C(NCCc1ccc(C(F)(F)F)cc1)NCc1ccsc1. The molecule has 0 saturated heterocycles. The van der Waals surface area contributed by atoms with Gasteiger partial charge in [0.2, 0.25) is 0 Å². The monoisotopic (exact) mass is 341 g/mol. The molecule has 0 fully saturated rings. The Morgan fingerprint density at radius 1 is 1.09 bits per heavy atom. The molecule has 7 heteroatoms. The van der Waals surface area contributed by atoms with E-state index in [9.17, 15) is 13.2 Å². The van der Waals surface area contributed by atoms with Crippen molar-refractivity contribution in [3.05, 3.63) is 57.8 Å². The summed E-state index contributed by atoms with van der Waals surface area (Å²) >= 11 is 1.64. The molecule has 0 aliphatic rings. The molecule has 0 bridgehead atoms. The van der Waals surface area contributed by atoms with Crippen molar-refractivity contribution in [2.45, 2.75) is 19.1 Å². The van der Waals surface area contributed by atoms with E-state index in [4.69, 9.17) is 0 Å². The van der Waals surface area contributed by atoms with Gasteiger partial charge in [-0.3, -0.25) is 4.99 Å². The summed E-state index contributed by atoms with van der Waals surface area (Å²) in [6.45, 7) is 1.28. The van der Waals surface area contributed by atoms with Crippen LogP contribution in [-0.4, -0.2) is 19.6 Å². The molecule has 0 saturated carbocycles. The van der Waals surface area contributed by atoms with Crippen LogP contribution < -0.4 is 10.6 Å². The van der Waals surface area contributed by atoms with E-state index in [1.807, 2.05) is 11.4 Å². The molecule has 1 aromatic heterocycles. The van der Waals surface area contributed by atoms with Gasteiger partial charge in [0.1, 0.15) is 0 Å². The number of nitrogens with zero attached hydrogens (tertiary/aromatic N) is 1. The van der Waals surface area contributed by atoms with E-state index in [2.05, 4.69) is 21.0 Å². The second-order valence-corrected chi connectivity index (χ2v) is 5.71. The molecule has 0 unspecified atom stereocenters. The third kappa shape index (κ3) is 5.59. The number of alkyl halides is 3. The van der Waals surface area contributed by atoms with Crippen molar-refractivity contribution in [3.63, 3.8) is 0 Å². The molecule has 0 aliphatic heterocycles. The fraction of sp³-hybridized carbons (Fsp3) is 0.312. The van der Waals surface area contributed by atoms with Crippen LogP contribution in [-0.2, 0) is 19.1 Å². The van der Waals surface area contributed by atoms with E-state index in [0.717, 1.165) is 17.7 Å². The van der Waals surface area contributed by atoms with Gasteiger partial charge in [-0.05, 0) is 46.5 Å². The summed E-state index contributed by atoms with van der Waals surface area (Å²) in [5, 5.41) is 10.4. The predicted octanol–water partition coefficient (Wildman–Crippen LogP) is 3.67. The molecule has 124 valence electrons. The van der Waals surface area contributed by atoms with Crippen LogP contribution in [0.15, 0.2) is 46.1 Å². The van der Waals surface area contributed by atoms with Crippen molar-refractivity contribution in [1.29, 1.82) is 0 Å². The van der Waals surface area contributed by atoms with Gasteiger partial charge in [-0.1, -0.05) is 12.1 Å². The smallest absolute Gasteiger partial charge is 0.356 e. The second-order valence-electron chi connectivity index (χ2n) is 4.93. The maximum atomic E-state index is 12.5. The Bertz CT molecular complexity index is 619. The fourth-order valence-corrected chi connectivity index (χ4v) is 2.65. The minimum atomic E-state index is -4.29. The Hall–Kier alpha value is -2.02. The molecule has 2 N–H and O–H groups in total. The first kappa shape index (κ1) is 17.3. The predicted molar refractivity (Wildman–Crippen MR) is 87.7 cm³/mol. The number of hydrogen-bond donors (Lipinski definition) is 2. The number of benzene rings is 1. The highest BCUT2D eigenvalue weighted by Gasteiger charge is 2.29. The maximum absolute atomic E-state index is 12.5. The van der Waals surface area contributed by atoms with Crippen molar-refractivity contribution < 1.29 is 13.2 Å². The molecule has 0 spiro atoms. The summed E-state index contributed by atoms with van der Waals surface area (Å²) in [6, 6.07) is 7.27. The number of rotatable bonds is 5. The third-order valence-electron chi connectivity index (χ3n) is 3.25. The van der Waals surface area contributed by atoms with E-state index in [-0.39, 0.29) is 0 Å². The minimum absolute atomic E-state index is 0.592. The quantitative estimate of drug-likeness (QED) is 0.643. The summed E-state index contributed by atoms with van der Waals surface area (Å²) < 4.78 is 37.5. The molecule has 0 radical (unpaired) electrons. The molecule has 0 atom stereocenters. The molecule has 2 aromatic rings. The number of halogens is 3. The Kier molecular flexibility index (Phi) is 6.04. The first-order valence-electron chi connectivity index (χ1n) is 7.11. The Labute approximate surface area is 137 Å². The van der Waals surface area contributed by atoms with Crippen molar-refractivity contribution in [3.8, 4) is 0 Å². The first-order chi connectivity index (χ1) is 11.0. The van der Waals surface area contributed by atoms with E-state index in [0.29, 0.717) is 25.5 Å². The fourth-order valence-electron chi connectivity index (χ4n) is 1.99. The molecular formula is C16H18F3N3S. The molecule has 2 rings (SSSR count). The summed E-state index contributed by atoms with van der Waals surface area (Å²) in [5.41, 5.74) is 1.40. The summed E-state index contributed by atoms with van der Waals surface area (Å²) in [6.07, 6.45) is -3.66. The minimum Gasteiger partial charge on any atom is -0.356 e. The van der Waals surface area contributed by atoms with Crippen molar-refractivity contribution in [2.75, 3.05) is 13.6 Å². The average molecular weight is 341 g/mol. The van der Waals surface area contributed by atoms with Gasteiger partial charge in [-0.15, -0.1) is 0 Å². The largest absolute Gasteiger partial charge is 0.416 e. The van der Waals surface area contributed by atoms with Crippen LogP contribution in [0.1, 0.15) is 16.7 Å². The van der Waals surface area contributed by atoms with Crippen LogP contribution >= 0.6 is 11.3 Å². The standard InChI is InChI=1S/C16H18F3N3S/c1-20-15(22-10-13-7-9-23-11-13)21-8-6-12-2-4-14(5-3-12)16(17,18)19/h2-5,7,9,11H,6,8,10H2,1H3,(H2,20,21,22). The molecule has 1 heterocycles. The highest BCUT2D eigenvalue weighted by molar-refractivity contribution is 7.07. The Morgan fingerprint density at radius 2 is 1.83 bits per heavy atom. The molecule has 1 aromatic carbocycles. The van der Waals surface area contributed by atoms with Gasteiger partial charge in [0.15, 0.2) is 5.96 Å². The van der Waals surface area contributed by atoms with E-state index in [1.165, 1.54) is 17.7 Å². The topological polar surface area (TPSA) is 36.4 Å². The number of nitrogens with one attached hydrogen (secondary N) is 2. The van der Waals surface area contributed by atoms with Gasteiger partial charge < -0.3 is 10.6 Å². The lowest BCUT2D eigenvalue weighted by Crippen LogP contribution is -2.37. The van der Waals surface area contributed by atoms with Gasteiger partial charge in [0.25, 0.3) is 0 Å². The highest BCUT2D eigenvalue weighted by atomic mass is 32.1. The lowest BCUT2D eigenvalue weighted by atomic mass is 10.1. The zero-order valence-electron chi connectivity index (χ0n) is 12.7. The third-order valence-corrected chi connectivity index (χ3v) is 3.98. The van der Waals surface area contributed by atoms with Crippen LogP contribution in [0.2, 0.25) is 0 Å². The zero-order valence-corrected chi connectivity index (χ0v) is 13.5. The number of guanidine groups is 1. The number of thiophene rings is 1. The van der Waals surface area contributed by atoms with Gasteiger partial charge in [-0.25, -0.2) is 0 Å². The first-order valence-corrected chi connectivity index (χ1v) is 8.05. The van der Waals surface area contributed by atoms with Gasteiger partial charge in [0.05, 0.1) is 5.56 Å². The van der Waals surface area contributed by atoms with Gasteiger partial charge in [0, 0.05) is 20.1 Å². The number of aliphatic imine (C=N–C) groups is 1. The van der Waals surface area contributed by atoms with Crippen LogP contribution in [0, 0.1) is 0 Å². The Morgan fingerprint density at radius 3 is 2.39 bits per heavy atom. The normalized spacial score (nSPS) is 12.3. The average Bonchev–Trinajstić information content (AvgIpc) is 3.03. The summed E-state index contributed by atoms with van der Waals surface area (Å²) in [7, 11) is 1.68. The van der Waals surface area contributed by atoms with E-state index in [1.54, 1.807) is 18.4 Å². The molecule has 23 heavy (non-hydrogen) atoms. The van der Waals surface area contributed by atoms with Gasteiger partial charge in [-0.2, -0.15) is 24.5 Å². The molecular weight excluding hydrogens is 323 g/mol. The lowest BCUT2D eigenvalue weighted by Gasteiger charge is -2.12. The van der Waals surface area contributed by atoms with E-state index < -0.39 is 11.7 Å². The van der Waals surface area contributed by atoms with Crippen LogP contribution in [0.4, 0.5) is 13.2 Å². The van der Waals surface area contributed by atoms with Crippen molar-refractivity contribution in [1.82, 2.24) is 10.6 Å².